The van der Waals surface area contributed by atoms with Crippen LogP contribution in [0.3, 0.4) is 0 Å². The highest BCUT2D eigenvalue weighted by molar-refractivity contribution is 5.17. The van der Waals surface area contributed by atoms with Gasteiger partial charge in [0.25, 0.3) is 0 Å². The summed E-state index contributed by atoms with van der Waals surface area (Å²) in [6.45, 7) is 5.09. The van der Waals surface area contributed by atoms with E-state index in [1.54, 1.807) is 0 Å². The summed E-state index contributed by atoms with van der Waals surface area (Å²) >= 11 is 0. The number of aryl methyl sites for hydroxylation is 1. The Balaban J connectivity index is 1.74. The van der Waals surface area contributed by atoms with Crippen molar-refractivity contribution in [1.29, 1.82) is 0 Å². The van der Waals surface area contributed by atoms with Crippen LogP contribution in [-0.2, 0) is 11.3 Å². The van der Waals surface area contributed by atoms with E-state index in [1.807, 2.05) is 12.3 Å². The minimum atomic E-state index is 0.478. The van der Waals surface area contributed by atoms with E-state index in [9.17, 15) is 0 Å². The largest absolute Gasteiger partial charge is 0.378 e. The molecule has 0 saturated carbocycles. The molecule has 0 spiro atoms. The Labute approximate surface area is 110 Å². The van der Waals surface area contributed by atoms with Gasteiger partial charge in [-0.25, -0.2) is 0 Å². The normalized spacial score (nSPS) is 20.3. The number of pyridine rings is 1. The Morgan fingerprint density at radius 2 is 2.33 bits per heavy atom. The van der Waals surface area contributed by atoms with Crippen molar-refractivity contribution in [3.05, 3.63) is 29.6 Å². The Morgan fingerprint density at radius 1 is 1.44 bits per heavy atom. The monoisotopic (exact) mass is 248 g/mol. The second kappa shape index (κ2) is 6.86. The van der Waals surface area contributed by atoms with Crippen molar-refractivity contribution >= 4 is 0 Å². The first-order valence-electron chi connectivity index (χ1n) is 6.96. The Hall–Kier alpha value is -0.930. The number of nitrogens with zero attached hydrogens (tertiary/aromatic N) is 2. The zero-order chi connectivity index (χ0) is 12.8. The third-order valence-corrected chi connectivity index (χ3v) is 3.64. The molecule has 18 heavy (non-hydrogen) atoms. The summed E-state index contributed by atoms with van der Waals surface area (Å²) in [6.07, 6.45) is 7.29. The van der Waals surface area contributed by atoms with Gasteiger partial charge in [-0.1, -0.05) is 6.07 Å². The van der Waals surface area contributed by atoms with E-state index in [2.05, 4.69) is 29.9 Å². The van der Waals surface area contributed by atoms with Gasteiger partial charge in [0.15, 0.2) is 0 Å². The Morgan fingerprint density at radius 3 is 3.06 bits per heavy atom. The average Bonchev–Trinajstić information content (AvgIpc) is 2.40. The molecule has 1 aliphatic heterocycles. The lowest BCUT2D eigenvalue weighted by Gasteiger charge is -2.25. The SMILES string of the molecule is Cc1cccnc1CN(C)CCC1CCCCO1. The minimum absolute atomic E-state index is 0.478. The van der Waals surface area contributed by atoms with E-state index in [-0.39, 0.29) is 0 Å². The lowest BCUT2D eigenvalue weighted by atomic mass is 10.1. The molecular formula is C15H24N2O. The van der Waals surface area contributed by atoms with Gasteiger partial charge in [-0.05, 0) is 51.3 Å². The molecule has 0 bridgehead atoms. The zero-order valence-electron chi connectivity index (χ0n) is 11.6. The molecule has 100 valence electrons. The zero-order valence-corrected chi connectivity index (χ0v) is 11.6. The number of rotatable bonds is 5. The van der Waals surface area contributed by atoms with Crippen LogP contribution in [-0.4, -0.2) is 36.2 Å². The maximum Gasteiger partial charge on any atom is 0.0587 e. The number of hydrogen-bond donors (Lipinski definition) is 0. The van der Waals surface area contributed by atoms with E-state index in [4.69, 9.17) is 4.74 Å². The lowest BCUT2D eigenvalue weighted by Crippen LogP contribution is -2.27. The molecule has 1 saturated heterocycles. The molecule has 0 aliphatic carbocycles. The summed E-state index contributed by atoms with van der Waals surface area (Å²) in [5.41, 5.74) is 2.46. The van der Waals surface area contributed by atoms with Gasteiger partial charge in [-0.2, -0.15) is 0 Å². The van der Waals surface area contributed by atoms with Crippen LogP contribution in [0.25, 0.3) is 0 Å². The molecule has 1 aromatic heterocycles. The van der Waals surface area contributed by atoms with Gasteiger partial charge in [0.1, 0.15) is 0 Å². The maximum absolute atomic E-state index is 5.76. The molecule has 0 amide bonds. The molecule has 1 fully saturated rings. The maximum atomic E-state index is 5.76. The first-order chi connectivity index (χ1) is 8.75. The van der Waals surface area contributed by atoms with E-state index in [0.717, 1.165) is 26.1 Å². The third kappa shape index (κ3) is 4.07. The molecule has 3 nitrogen and oxygen atoms in total. The smallest absolute Gasteiger partial charge is 0.0587 e. The fourth-order valence-corrected chi connectivity index (χ4v) is 2.42. The summed E-state index contributed by atoms with van der Waals surface area (Å²) in [7, 11) is 2.16. The Bertz CT molecular complexity index is 361. The molecule has 0 N–H and O–H groups in total. The molecule has 1 aliphatic rings. The first kappa shape index (κ1) is 13.5. The molecule has 3 heteroatoms. The highest BCUT2D eigenvalue weighted by atomic mass is 16.5. The van der Waals surface area contributed by atoms with Gasteiger partial charge in [-0.3, -0.25) is 4.98 Å². The quantitative estimate of drug-likeness (QED) is 0.801. The van der Waals surface area contributed by atoms with Crippen LogP contribution in [0.4, 0.5) is 0 Å². The van der Waals surface area contributed by atoms with Gasteiger partial charge >= 0.3 is 0 Å². The highest BCUT2D eigenvalue weighted by Crippen LogP contribution is 2.16. The predicted octanol–water partition coefficient (Wildman–Crippen LogP) is 2.78. The van der Waals surface area contributed by atoms with Crippen LogP contribution in [0.1, 0.15) is 36.9 Å². The Kier molecular flexibility index (Phi) is 5.14. The van der Waals surface area contributed by atoms with Crippen molar-refractivity contribution in [1.82, 2.24) is 9.88 Å². The number of aromatic nitrogens is 1. The van der Waals surface area contributed by atoms with Crippen molar-refractivity contribution in [3.63, 3.8) is 0 Å². The summed E-state index contributed by atoms with van der Waals surface area (Å²) < 4.78 is 5.76. The molecule has 0 radical (unpaired) electrons. The molecule has 2 rings (SSSR count). The average molecular weight is 248 g/mol. The van der Waals surface area contributed by atoms with Crippen LogP contribution in [0, 0.1) is 6.92 Å². The molecule has 0 aromatic carbocycles. The summed E-state index contributed by atoms with van der Waals surface area (Å²) in [4.78, 5) is 6.78. The van der Waals surface area contributed by atoms with Crippen LogP contribution in [0.2, 0.25) is 0 Å². The van der Waals surface area contributed by atoms with Crippen LogP contribution < -0.4 is 0 Å². The van der Waals surface area contributed by atoms with Gasteiger partial charge in [0, 0.05) is 25.9 Å². The molecule has 1 unspecified atom stereocenters. The standard InChI is InChI=1S/C15H24N2O/c1-13-6-5-9-16-15(13)12-17(2)10-8-14-7-3-4-11-18-14/h5-6,9,14H,3-4,7-8,10-12H2,1-2H3. The lowest BCUT2D eigenvalue weighted by molar-refractivity contribution is 0.00635. The van der Waals surface area contributed by atoms with Crippen LogP contribution in [0.5, 0.6) is 0 Å². The van der Waals surface area contributed by atoms with Crippen LogP contribution >= 0.6 is 0 Å². The fraction of sp³-hybridized carbons (Fsp3) is 0.667. The van der Waals surface area contributed by atoms with Gasteiger partial charge < -0.3 is 9.64 Å². The number of hydrogen-bond acceptors (Lipinski definition) is 3. The highest BCUT2D eigenvalue weighted by Gasteiger charge is 2.14. The van der Waals surface area contributed by atoms with E-state index < -0.39 is 0 Å². The predicted molar refractivity (Wildman–Crippen MR) is 73.5 cm³/mol. The molecule has 1 atom stereocenters. The molecule has 1 aromatic rings. The third-order valence-electron chi connectivity index (χ3n) is 3.64. The minimum Gasteiger partial charge on any atom is -0.378 e. The summed E-state index contributed by atoms with van der Waals surface area (Å²) in [5, 5.41) is 0. The molecular weight excluding hydrogens is 224 g/mol. The van der Waals surface area contributed by atoms with Crippen molar-refractivity contribution < 1.29 is 4.74 Å². The fourth-order valence-electron chi connectivity index (χ4n) is 2.42. The van der Waals surface area contributed by atoms with Crippen molar-refractivity contribution in [2.45, 2.75) is 45.3 Å². The first-order valence-corrected chi connectivity index (χ1v) is 6.96. The second-order valence-corrected chi connectivity index (χ2v) is 5.28. The van der Waals surface area contributed by atoms with Crippen molar-refractivity contribution in [3.8, 4) is 0 Å². The topological polar surface area (TPSA) is 25.4 Å². The van der Waals surface area contributed by atoms with E-state index >= 15 is 0 Å². The van der Waals surface area contributed by atoms with Gasteiger partial charge in [0.05, 0.1) is 11.8 Å². The van der Waals surface area contributed by atoms with E-state index in [1.165, 1.54) is 30.5 Å². The second-order valence-electron chi connectivity index (χ2n) is 5.28. The summed E-state index contributed by atoms with van der Waals surface area (Å²) in [6, 6.07) is 4.12. The van der Waals surface area contributed by atoms with Gasteiger partial charge in [-0.15, -0.1) is 0 Å². The molecule has 2 heterocycles. The van der Waals surface area contributed by atoms with Gasteiger partial charge in [0.2, 0.25) is 0 Å². The van der Waals surface area contributed by atoms with Crippen molar-refractivity contribution in [2.24, 2.45) is 0 Å². The summed E-state index contributed by atoms with van der Waals surface area (Å²) in [5.74, 6) is 0. The van der Waals surface area contributed by atoms with E-state index in [0.29, 0.717) is 6.10 Å². The van der Waals surface area contributed by atoms with Crippen LogP contribution in [0.15, 0.2) is 18.3 Å². The van der Waals surface area contributed by atoms with Crippen molar-refractivity contribution in [2.75, 3.05) is 20.2 Å². The number of ether oxygens (including phenoxy) is 1.